The Morgan fingerprint density at radius 1 is 1.31 bits per heavy atom. The summed E-state index contributed by atoms with van der Waals surface area (Å²) in [7, 11) is 1.70. The maximum atomic E-state index is 14.9. The molecule has 3 heterocycles. The van der Waals surface area contributed by atoms with Crippen molar-refractivity contribution in [3.63, 3.8) is 0 Å². The van der Waals surface area contributed by atoms with E-state index in [1.165, 1.54) is 17.9 Å². The molecule has 0 saturated carbocycles. The van der Waals surface area contributed by atoms with E-state index in [2.05, 4.69) is 15.1 Å². The number of methoxy groups -OCH3 is 1. The minimum absolute atomic E-state index is 0.185. The Labute approximate surface area is 169 Å². The number of carbonyl (C=O) groups is 2. The zero-order valence-electron chi connectivity index (χ0n) is 16.8. The van der Waals surface area contributed by atoms with E-state index in [-0.39, 0.29) is 24.8 Å². The van der Waals surface area contributed by atoms with Crippen LogP contribution in [0.3, 0.4) is 0 Å². The second-order valence-corrected chi connectivity index (χ2v) is 7.92. The van der Waals surface area contributed by atoms with Gasteiger partial charge in [0.15, 0.2) is 0 Å². The molecule has 3 fully saturated rings. The Morgan fingerprint density at radius 3 is 2.86 bits per heavy atom. The normalized spacial score (nSPS) is 26.3. The number of cyclic esters (lactones) is 1. The van der Waals surface area contributed by atoms with Crippen molar-refractivity contribution in [1.29, 1.82) is 0 Å². The summed E-state index contributed by atoms with van der Waals surface area (Å²) >= 11 is 0. The maximum Gasteiger partial charge on any atom is 0.414 e. The molecule has 1 N–H and O–H groups in total. The van der Waals surface area contributed by atoms with Crippen LogP contribution in [-0.4, -0.2) is 82.0 Å². The monoisotopic (exact) mass is 406 g/mol. The lowest BCUT2D eigenvalue weighted by Crippen LogP contribution is -2.56. The fourth-order valence-corrected chi connectivity index (χ4v) is 4.40. The molecule has 1 aromatic rings. The Balaban J connectivity index is 1.39. The average molecular weight is 406 g/mol. The van der Waals surface area contributed by atoms with Gasteiger partial charge in [-0.3, -0.25) is 14.6 Å². The number of hydrogen-bond donors (Lipinski definition) is 1. The lowest BCUT2D eigenvalue weighted by Gasteiger charge is -2.45. The average Bonchev–Trinajstić information content (AvgIpc) is 3.20. The number of fused-ring (bicyclic) bond motifs is 1. The van der Waals surface area contributed by atoms with E-state index in [9.17, 15) is 14.0 Å². The van der Waals surface area contributed by atoms with Gasteiger partial charge >= 0.3 is 6.09 Å². The first kappa shape index (κ1) is 19.9. The quantitative estimate of drug-likeness (QED) is 0.730. The van der Waals surface area contributed by atoms with Gasteiger partial charge in [0, 0.05) is 52.2 Å². The molecule has 29 heavy (non-hydrogen) atoms. The van der Waals surface area contributed by atoms with E-state index >= 15 is 0 Å². The first-order valence-corrected chi connectivity index (χ1v) is 9.96. The minimum atomic E-state index is -0.527. The number of anilines is 2. The summed E-state index contributed by atoms with van der Waals surface area (Å²) in [5.41, 5.74) is 1.04. The maximum absolute atomic E-state index is 14.9. The van der Waals surface area contributed by atoms with Crippen LogP contribution in [0.1, 0.15) is 6.92 Å². The van der Waals surface area contributed by atoms with Gasteiger partial charge in [-0.15, -0.1) is 0 Å². The summed E-state index contributed by atoms with van der Waals surface area (Å²) in [5, 5.41) is 2.63. The molecule has 3 unspecified atom stereocenters. The summed E-state index contributed by atoms with van der Waals surface area (Å²) in [5.74, 6) is 0.0406. The van der Waals surface area contributed by atoms with Crippen LogP contribution in [0.4, 0.5) is 20.6 Å². The first-order chi connectivity index (χ1) is 14.0. The molecular formula is C20H27FN4O4. The Morgan fingerprint density at radius 2 is 2.14 bits per heavy atom. The molecular weight excluding hydrogens is 379 g/mol. The van der Waals surface area contributed by atoms with Crippen molar-refractivity contribution >= 4 is 23.4 Å². The van der Waals surface area contributed by atoms with Crippen LogP contribution in [0.25, 0.3) is 0 Å². The van der Waals surface area contributed by atoms with Gasteiger partial charge in [0.2, 0.25) is 5.91 Å². The van der Waals surface area contributed by atoms with Crippen molar-refractivity contribution in [3.05, 3.63) is 24.0 Å². The number of carbonyl (C=O) groups excluding carboxylic acids is 2. The summed E-state index contributed by atoms with van der Waals surface area (Å²) in [6.07, 6.45) is -0.969. The van der Waals surface area contributed by atoms with E-state index in [1.807, 2.05) is 0 Å². The molecule has 3 atom stereocenters. The number of rotatable bonds is 7. The highest BCUT2D eigenvalue weighted by Crippen LogP contribution is 2.38. The predicted octanol–water partition coefficient (Wildman–Crippen LogP) is 1.05. The summed E-state index contributed by atoms with van der Waals surface area (Å²) in [6, 6.07) is 5.21. The molecule has 158 valence electrons. The van der Waals surface area contributed by atoms with Gasteiger partial charge in [-0.05, 0) is 18.2 Å². The van der Waals surface area contributed by atoms with Gasteiger partial charge in [-0.1, -0.05) is 0 Å². The third kappa shape index (κ3) is 4.02. The van der Waals surface area contributed by atoms with Gasteiger partial charge in [0.1, 0.15) is 11.9 Å². The molecule has 0 aliphatic carbocycles. The highest BCUT2D eigenvalue weighted by molar-refractivity contribution is 5.90. The van der Waals surface area contributed by atoms with Gasteiger partial charge in [-0.2, -0.15) is 0 Å². The number of benzene rings is 1. The number of halogens is 1. The Bertz CT molecular complexity index is 792. The largest absolute Gasteiger partial charge is 0.442 e. The third-order valence-corrected chi connectivity index (χ3v) is 5.93. The molecule has 3 saturated heterocycles. The number of likely N-dealkylation sites (tertiary alicyclic amines) is 1. The van der Waals surface area contributed by atoms with E-state index < -0.39 is 12.2 Å². The number of nitrogens with zero attached hydrogens (tertiary/aromatic N) is 3. The van der Waals surface area contributed by atoms with Crippen LogP contribution in [0.2, 0.25) is 0 Å². The van der Waals surface area contributed by atoms with Gasteiger partial charge in [0.25, 0.3) is 0 Å². The summed E-state index contributed by atoms with van der Waals surface area (Å²) in [6.45, 7) is 6.32. The molecule has 4 rings (SSSR count). The Hall–Kier alpha value is -2.39. The molecule has 0 bridgehead atoms. The van der Waals surface area contributed by atoms with Crippen molar-refractivity contribution in [2.45, 2.75) is 19.1 Å². The van der Waals surface area contributed by atoms with Crippen molar-refractivity contribution in [2.24, 2.45) is 5.92 Å². The van der Waals surface area contributed by atoms with Crippen LogP contribution in [-0.2, 0) is 14.3 Å². The molecule has 0 spiro atoms. The number of nitrogens with one attached hydrogen (secondary N) is 1. The van der Waals surface area contributed by atoms with Crippen LogP contribution >= 0.6 is 0 Å². The Kier molecular flexibility index (Phi) is 5.60. The number of hydrogen-bond acceptors (Lipinski definition) is 6. The lowest BCUT2D eigenvalue weighted by atomic mass is 9.91. The second kappa shape index (κ2) is 8.16. The number of amides is 2. The zero-order chi connectivity index (χ0) is 20.5. The molecule has 9 heteroatoms. The molecule has 0 aromatic heterocycles. The first-order valence-electron chi connectivity index (χ1n) is 9.96. The zero-order valence-corrected chi connectivity index (χ0v) is 16.8. The SMILES string of the molecule is COCCN1CC2CN(c3ccc(N4CC(CNC(C)=O)OC4=O)cc3F)C2C1. The molecule has 3 aliphatic heterocycles. The fourth-order valence-electron chi connectivity index (χ4n) is 4.40. The molecule has 8 nitrogen and oxygen atoms in total. The second-order valence-electron chi connectivity index (χ2n) is 7.92. The van der Waals surface area contributed by atoms with Crippen molar-refractivity contribution in [1.82, 2.24) is 10.2 Å². The summed E-state index contributed by atoms with van der Waals surface area (Å²) in [4.78, 5) is 29.1. The van der Waals surface area contributed by atoms with Crippen LogP contribution in [0.5, 0.6) is 0 Å². The topological polar surface area (TPSA) is 74.3 Å². The van der Waals surface area contributed by atoms with E-state index in [1.54, 1.807) is 19.2 Å². The molecule has 2 amide bonds. The molecule has 1 aromatic carbocycles. The van der Waals surface area contributed by atoms with Crippen LogP contribution < -0.4 is 15.1 Å². The lowest BCUT2D eigenvalue weighted by molar-refractivity contribution is -0.119. The molecule has 0 radical (unpaired) electrons. The highest BCUT2D eigenvalue weighted by atomic mass is 19.1. The van der Waals surface area contributed by atoms with Crippen LogP contribution in [0, 0.1) is 11.7 Å². The van der Waals surface area contributed by atoms with Crippen molar-refractivity contribution in [2.75, 3.05) is 62.8 Å². The predicted molar refractivity (Wildman–Crippen MR) is 106 cm³/mol. The fraction of sp³-hybridized carbons (Fsp3) is 0.600. The van der Waals surface area contributed by atoms with Crippen molar-refractivity contribution in [3.8, 4) is 0 Å². The van der Waals surface area contributed by atoms with E-state index in [0.717, 1.165) is 26.2 Å². The van der Waals surface area contributed by atoms with Crippen LogP contribution in [0.15, 0.2) is 18.2 Å². The van der Waals surface area contributed by atoms with E-state index in [0.29, 0.717) is 29.9 Å². The summed E-state index contributed by atoms with van der Waals surface area (Å²) < 4.78 is 25.3. The van der Waals surface area contributed by atoms with Crippen molar-refractivity contribution < 1.29 is 23.5 Å². The molecule has 3 aliphatic rings. The third-order valence-electron chi connectivity index (χ3n) is 5.93. The van der Waals surface area contributed by atoms with E-state index in [4.69, 9.17) is 9.47 Å². The minimum Gasteiger partial charge on any atom is -0.442 e. The standard InChI is InChI=1S/C20H27FN4O4/c1-13(26)22-8-16-11-24(20(27)29-16)15-3-4-18(17(21)7-15)25-10-14-9-23(5-6-28-2)12-19(14)25/h3-4,7,14,16,19H,5-6,8-12H2,1-2H3,(H,22,26). The van der Waals surface area contributed by atoms with Gasteiger partial charge in [-0.25, -0.2) is 9.18 Å². The van der Waals surface area contributed by atoms with Gasteiger partial charge in [0.05, 0.1) is 31.1 Å². The number of ether oxygens (including phenoxy) is 2. The smallest absolute Gasteiger partial charge is 0.414 e. The van der Waals surface area contributed by atoms with Gasteiger partial charge < -0.3 is 19.7 Å². The highest BCUT2D eigenvalue weighted by Gasteiger charge is 2.46.